The van der Waals surface area contributed by atoms with E-state index < -0.39 is 6.04 Å². The number of aromatic nitrogens is 4. The molecular formula is C19H8N12. The van der Waals surface area contributed by atoms with Crippen molar-refractivity contribution in [2.75, 3.05) is 7.05 Å². The topological polar surface area (TPSA) is 210 Å². The fourth-order valence-electron chi connectivity index (χ4n) is 2.89. The van der Waals surface area contributed by atoms with Gasteiger partial charge in [-0.05, 0) is 7.05 Å². The molecule has 144 valence electrons. The molecule has 1 atom stereocenters. The largest absolute Gasteiger partial charge is 0.280 e. The monoisotopic (exact) mass is 404 g/mol. The Hall–Kier alpha value is -5.27. The first-order valence-electron chi connectivity index (χ1n) is 8.48. The summed E-state index contributed by atoms with van der Waals surface area (Å²) in [6.07, 6.45) is 0. The molecule has 0 amide bonds. The van der Waals surface area contributed by atoms with Crippen molar-refractivity contribution in [3.05, 3.63) is 34.2 Å². The van der Waals surface area contributed by atoms with Crippen LogP contribution in [-0.4, -0.2) is 43.6 Å². The lowest BCUT2D eigenvalue weighted by molar-refractivity contribution is 0.325. The molecule has 0 aromatic carbocycles. The van der Waals surface area contributed by atoms with Gasteiger partial charge in [0.15, 0.2) is 28.8 Å². The van der Waals surface area contributed by atoms with Crippen molar-refractivity contribution in [2.24, 2.45) is 4.99 Å². The molecule has 12 heteroatoms. The highest BCUT2D eigenvalue weighted by Gasteiger charge is 2.28. The van der Waals surface area contributed by atoms with Crippen LogP contribution in [0.15, 0.2) is 4.99 Å². The molecule has 31 heavy (non-hydrogen) atoms. The van der Waals surface area contributed by atoms with E-state index in [1.54, 1.807) is 31.3 Å². The molecule has 2 aromatic heterocycles. The highest BCUT2D eigenvalue weighted by Crippen LogP contribution is 2.27. The van der Waals surface area contributed by atoms with Crippen LogP contribution < -0.4 is 0 Å². The smallest absolute Gasteiger partial charge is 0.177 e. The number of rotatable bonds is 0. The summed E-state index contributed by atoms with van der Waals surface area (Å²) < 4.78 is 0. The van der Waals surface area contributed by atoms with Gasteiger partial charge in [0.25, 0.3) is 0 Å². The number of hydrogen-bond donors (Lipinski definition) is 0. The quantitative estimate of drug-likeness (QED) is 0.579. The summed E-state index contributed by atoms with van der Waals surface area (Å²) in [6, 6.07) is 10.0. The molecule has 0 fully saturated rings. The van der Waals surface area contributed by atoms with Crippen LogP contribution in [0.1, 0.15) is 34.2 Å². The Bertz CT molecular complexity index is 1380. The molecule has 0 radical (unpaired) electrons. The maximum Gasteiger partial charge on any atom is 0.177 e. The van der Waals surface area contributed by atoms with Crippen molar-refractivity contribution < 1.29 is 0 Å². The summed E-state index contributed by atoms with van der Waals surface area (Å²) in [6.45, 7) is -0.286. The van der Waals surface area contributed by atoms with E-state index in [1.165, 1.54) is 4.90 Å². The van der Waals surface area contributed by atoms with E-state index in [0.717, 1.165) is 0 Å². The molecule has 0 saturated heterocycles. The van der Waals surface area contributed by atoms with Crippen molar-refractivity contribution in [3.63, 3.8) is 0 Å². The normalized spacial score (nSPS) is 16.9. The Morgan fingerprint density at radius 3 is 1.68 bits per heavy atom. The van der Waals surface area contributed by atoms with Gasteiger partial charge in [-0.3, -0.25) is 9.89 Å². The first-order valence-corrected chi connectivity index (χ1v) is 8.48. The van der Waals surface area contributed by atoms with Gasteiger partial charge in [0.05, 0.1) is 24.0 Å². The molecular weight excluding hydrogens is 396 g/mol. The second kappa shape index (κ2) is 8.39. The predicted octanol–water partition coefficient (Wildman–Crippen LogP) is 0.222. The molecule has 0 N–H and O–H groups in total. The maximum atomic E-state index is 9.56. The van der Waals surface area contributed by atoms with Crippen LogP contribution in [0.5, 0.6) is 0 Å². The van der Waals surface area contributed by atoms with E-state index in [9.17, 15) is 31.6 Å². The third-order valence-corrected chi connectivity index (χ3v) is 4.32. The zero-order valence-electron chi connectivity index (χ0n) is 15.9. The SMILES string of the molecule is CN1Cc2nc(C#N)c(C#N)nc2-c2nc(C#N)c(C#N)nc2C/N=C(/C#N)C1C#N. The van der Waals surface area contributed by atoms with Gasteiger partial charge >= 0.3 is 0 Å². The van der Waals surface area contributed by atoms with Gasteiger partial charge in [-0.25, -0.2) is 19.9 Å². The van der Waals surface area contributed by atoms with E-state index in [-0.39, 0.29) is 64.4 Å². The van der Waals surface area contributed by atoms with E-state index in [4.69, 9.17) is 0 Å². The zero-order valence-corrected chi connectivity index (χ0v) is 15.9. The van der Waals surface area contributed by atoms with Crippen molar-refractivity contribution in [1.29, 1.82) is 31.6 Å². The second-order valence-corrected chi connectivity index (χ2v) is 6.14. The fourth-order valence-corrected chi connectivity index (χ4v) is 2.89. The van der Waals surface area contributed by atoms with Crippen molar-refractivity contribution >= 4 is 5.71 Å². The predicted molar refractivity (Wildman–Crippen MR) is 99.5 cm³/mol. The Labute approximate surface area is 175 Å². The lowest BCUT2D eigenvalue weighted by Crippen LogP contribution is -2.37. The van der Waals surface area contributed by atoms with Crippen LogP contribution >= 0.6 is 0 Å². The van der Waals surface area contributed by atoms with E-state index in [2.05, 4.69) is 24.9 Å². The number of aliphatic imine (C=N–C) groups is 1. The summed E-state index contributed by atoms with van der Waals surface area (Å²) in [4.78, 5) is 22.4. The number of nitrogens with zero attached hydrogens (tertiary/aromatic N) is 12. The lowest BCUT2D eigenvalue weighted by atomic mass is 10.1. The van der Waals surface area contributed by atoms with E-state index in [1.807, 2.05) is 12.1 Å². The highest BCUT2D eigenvalue weighted by atomic mass is 15.2. The van der Waals surface area contributed by atoms with Gasteiger partial charge in [0.1, 0.15) is 47.4 Å². The molecule has 3 heterocycles. The number of fused-ring (bicyclic) bond motifs is 3. The molecule has 0 saturated carbocycles. The highest BCUT2D eigenvalue weighted by molar-refractivity contribution is 6.04. The lowest BCUT2D eigenvalue weighted by Gasteiger charge is -2.23. The molecule has 2 aromatic rings. The van der Waals surface area contributed by atoms with Gasteiger partial charge in [-0.2, -0.15) is 31.6 Å². The average molecular weight is 404 g/mol. The first kappa shape index (κ1) is 20.5. The third-order valence-electron chi connectivity index (χ3n) is 4.32. The summed E-state index contributed by atoms with van der Waals surface area (Å²) >= 11 is 0. The average Bonchev–Trinajstić information content (AvgIpc) is 2.80. The summed E-state index contributed by atoms with van der Waals surface area (Å²) in [7, 11) is 1.56. The van der Waals surface area contributed by atoms with Crippen molar-refractivity contribution in [1.82, 2.24) is 24.8 Å². The number of hydrogen-bond acceptors (Lipinski definition) is 12. The molecule has 3 rings (SSSR count). The van der Waals surface area contributed by atoms with Gasteiger partial charge in [0, 0.05) is 6.54 Å². The fraction of sp³-hybridized carbons (Fsp3) is 0.211. The maximum absolute atomic E-state index is 9.56. The summed E-state index contributed by atoms with van der Waals surface area (Å²) in [5.74, 6) is 0. The van der Waals surface area contributed by atoms with Gasteiger partial charge < -0.3 is 0 Å². The van der Waals surface area contributed by atoms with E-state index >= 15 is 0 Å². The molecule has 1 aliphatic heterocycles. The zero-order chi connectivity index (χ0) is 22.5. The Morgan fingerprint density at radius 1 is 0.710 bits per heavy atom. The Morgan fingerprint density at radius 2 is 1.19 bits per heavy atom. The van der Waals surface area contributed by atoms with Crippen LogP contribution in [0.2, 0.25) is 0 Å². The molecule has 12 nitrogen and oxygen atoms in total. The summed E-state index contributed by atoms with van der Waals surface area (Å²) in [5, 5.41) is 56.3. The van der Waals surface area contributed by atoms with Crippen LogP contribution in [0.3, 0.4) is 0 Å². The number of nitriles is 6. The molecule has 1 aliphatic rings. The van der Waals surface area contributed by atoms with Crippen LogP contribution in [-0.2, 0) is 13.1 Å². The van der Waals surface area contributed by atoms with Crippen molar-refractivity contribution in [3.8, 4) is 47.8 Å². The van der Waals surface area contributed by atoms with Gasteiger partial charge in [-0.1, -0.05) is 0 Å². The standard InChI is InChI=1S/C19H8N12/c1-31-9-16-19(30-13(5-23)11(3-21)28-16)18-15(8-26-14(6-24)17(31)7-25)27-10(2-20)12(4-22)29-18/h17H,8-9H2,1H3/b26-14-. The van der Waals surface area contributed by atoms with Crippen LogP contribution in [0.4, 0.5) is 0 Å². The molecule has 0 spiro atoms. The van der Waals surface area contributed by atoms with Crippen LogP contribution in [0.25, 0.3) is 11.4 Å². The summed E-state index contributed by atoms with van der Waals surface area (Å²) in [5.41, 5.74) is -0.678. The van der Waals surface area contributed by atoms with Crippen LogP contribution in [0, 0.1) is 68.0 Å². The third kappa shape index (κ3) is 3.58. The van der Waals surface area contributed by atoms with Gasteiger partial charge in [-0.15, -0.1) is 0 Å². The molecule has 0 bridgehead atoms. The minimum atomic E-state index is -1.02. The first-order chi connectivity index (χ1) is 15.0. The Kier molecular flexibility index (Phi) is 5.54. The molecule has 0 aliphatic carbocycles. The Balaban J connectivity index is 2.44. The minimum absolute atomic E-state index is 0.0453. The molecule has 1 unspecified atom stereocenters. The van der Waals surface area contributed by atoms with E-state index in [0.29, 0.717) is 0 Å². The van der Waals surface area contributed by atoms with Crippen molar-refractivity contribution in [2.45, 2.75) is 19.1 Å². The minimum Gasteiger partial charge on any atom is -0.280 e. The second-order valence-electron chi connectivity index (χ2n) is 6.14. The van der Waals surface area contributed by atoms with Gasteiger partial charge in [0.2, 0.25) is 0 Å².